The standard InChI is InChI=1S/C32H24Cl2N2O4/c1-32(2,21-7-4-3-5-8-21)22-13-17-26(18-14-22)40-31(39)20-11-15-24(16-12-20)35-28-27(34)29(37)36(30(28)38)25-10-6-9-23(33)19-25/h3-19,35H,1-2H3. The Morgan fingerprint density at radius 1 is 0.775 bits per heavy atom. The number of hydrogen-bond acceptors (Lipinski definition) is 5. The summed E-state index contributed by atoms with van der Waals surface area (Å²) in [5.74, 6) is -1.37. The molecule has 0 radical (unpaired) electrons. The first-order valence-electron chi connectivity index (χ1n) is 12.4. The fourth-order valence-electron chi connectivity index (χ4n) is 4.42. The molecule has 1 N–H and O–H groups in total. The molecule has 1 aliphatic rings. The number of halogens is 2. The van der Waals surface area contributed by atoms with Crippen molar-refractivity contribution in [2.75, 3.05) is 10.2 Å². The van der Waals surface area contributed by atoms with Gasteiger partial charge in [0, 0.05) is 16.1 Å². The molecule has 0 fully saturated rings. The maximum Gasteiger partial charge on any atom is 0.343 e. The Balaban J connectivity index is 1.25. The Labute approximate surface area is 241 Å². The molecule has 1 aliphatic heterocycles. The summed E-state index contributed by atoms with van der Waals surface area (Å²) in [6.07, 6.45) is 0. The number of hydrogen-bond donors (Lipinski definition) is 1. The summed E-state index contributed by atoms with van der Waals surface area (Å²) < 4.78 is 5.56. The zero-order valence-electron chi connectivity index (χ0n) is 21.7. The number of nitrogens with zero attached hydrogens (tertiary/aromatic N) is 1. The van der Waals surface area contributed by atoms with Crippen molar-refractivity contribution < 1.29 is 19.1 Å². The molecule has 0 aliphatic carbocycles. The lowest BCUT2D eigenvalue weighted by Crippen LogP contribution is -2.32. The number of anilines is 2. The number of benzene rings is 4. The highest BCUT2D eigenvalue weighted by molar-refractivity contribution is 6.53. The van der Waals surface area contributed by atoms with Gasteiger partial charge in [-0.05, 0) is 65.7 Å². The second-order valence-corrected chi connectivity index (χ2v) is 10.5. The van der Waals surface area contributed by atoms with Gasteiger partial charge in [-0.25, -0.2) is 9.69 Å². The van der Waals surface area contributed by atoms with Gasteiger partial charge in [0.05, 0.1) is 11.3 Å². The molecule has 200 valence electrons. The highest BCUT2D eigenvalue weighted by Crippen LogP contribution is 2.33. The van der Waals surface area contributed by atoms with E-state index < -0.39 is 17.8 Å². The number of imide groups is 1. The minimum Gasteiger partial charge on any atom is -0.423 e. The number of nitrogens with one attached hydrogen (secondary N) is 1. The van der Waals surface area contributed by atoms with E-state index in [0.29, 0.717) is 27.7 Å². The van der Waals surface area contributed by atoms with Gasteiger partial charge in [0.15, 0.2) is 0 Å². The van der Waals surface area contributed by atoms with Crippen molar-refractivity contribution in [1.29, 1.82) is 0 Å². The predicted octanol–water partition coefficient (Wildman–Crippen LogP) is 7.32. The smallest absolute Gasteiger partial charge is 0.343 e. The first-order valence-corrected chi connectivity index (χ1v) is 13.2. The maximum atomic E-state index is 13.0. The summed E-state index contributed by atoms with van der Waals surface area (Å²) in [6, 6.07) is 30.3. The van der Waals surface area contributed by atoms with Crippen molar-refractivity contribution in [2.24, 2.45) is 0 Å². The Morgan fingerprint density at radius 2 is 1.43 bits per heavy atom. The van der Waals surface area contributed by atoms with Crippen LogP contribution in [0.1, 0.15) is 35.3 Å². The normalized spacial score (nSPS) is 13.6. The molecule has 2 amide bonds. The molecule has 5 rings (SSSR count). The van der Waals surface area contributed by atoms with E-state index in [4.69, 9.17) is 27.9 Å². The second kappa shape index (κ2) is 11.0. The van der Waals surface area contributed by atoms with Crippen LogP contribution in [0.2, 0.25) is 5.02 Å². The zero-order chi connectivity index (χ0) is 28.4. The Morgan fingerprint density at radius 3 is 2.08 bits per heavy atom. The number of rotatable bonds is 7. The Bertz CT molecular complexity index is 1630. The molecule has 0 aromatic heterocycles. The van der Waals surface area contributed by atoms with Crippen LogP contribution in [0.15, 0.2) is 114 Å². The van der Waals surface area contributed by atoms with Gasteiger partial charge >= 0.3 is 5.97 Å². The third-order valence-corrected chi connectivity index (χ3v) is 7.35. The minimum atomic E-state index is -0.658. The van der Waals surface area contributed by atoms with Crippen LogP contribution in [0.4, 0.5) is 11.4 Å². The molecule has 4 aromatic rings. The first-order chi connectivity index (χ1) is 19.1. The highest BCUT2D eigenvalue weighted by atomic mass is 35.5. The van der Waals surface area contributed by atoms with E-state index in [-0.39, 0.29) is 16.1 Å². The number of amides is 2. The molecule has 1 heterocycles. The summed E-state index contributed by atoms with van der Waals surface area (Å²) in [4.78, 5) is 39.3. The molecule has 0 bridgehead atoms. The fraction of sp³-hybridized carbons (Fsp3) is 0.0938. The molecular formula is C32H24Cl2N2O4. The summed E-state index contributed by atoms with van der Waals surface area (Å²) in [5, 5.41) is 3.02. The Kier molecular flexibility index (Phi) is 7.48. The van der Waals surface area contributed by atoms with Crippen molar-refractivity contribution in [2.45, 2.75) is 19.3 Å². The third kappa shape index (κ3) is 5.37. The molecule has 0 unspecified atom stereocenters. The van der Waals surface area contributed by atoms with E-state index in [2.05, 4.69) is 31.3 Å². The van der Waals surface area contributed by atoms with Gasteiger partial charge in [-0.2, -0.15) is 0 Å². The van der Waals surface area contributed by atoms with E-state index in [0.717, 1.165) is 10.5 Å². The van der Waals surface area contributed by atoms with Crippen LogP contribution in [-0.4, -0.2) is 17.8 Å². The fourth-order valence-corrected chi connectivity index (χ4v) is 4.82. The lowest BCUT2D eigenvalue weighted by atomic mass is 9.78. The monoisotopic (exact) mass is 570 g/mol. The molecule has 0 spiro atoms. The lowest BCUT2D eigenvalue weighted by molar-refractivity contribution is -0.120. The van der Waals surface area contributed by atoms with Gasteiger partial charge in [0.2, 0.25) is 0 Å². The van der Waals surface area contributed by atoms with Crippen LogP contribution in [-0.2, 0) is 15.0 Å². The molecule has 40 heavy (non-hydrogen) atoms. The maximum absolute atomic E-state index is 13.0. The molecule has 8 heteroatoms. The molecule has 0 atom stereocenters. The lowest BCUT2D eigenvalue weighted by Gasteiger charge is -2.26. The van der Waals surface area contributed by atoms with E-state index >= 15 is 0 Å². The SMILES string of the molecule is CC(C)(c1ccccc1)c1ccc(OC(=O)c2ccc(NC3=C(Cl)C(=O)N(c4cccc(Cl)c4)C3=O)cc2)cc1. The quantitative estimate of drug-likeness (QED) is 0.143. The van der Waals surface area contributed by atoms with Crippen LogP contribution in [0.5, 0.6) is 5.75 Å². The Hall–Kier alpha value is -4.39. The number of ether oxygens (including phenoxy) is 1. The van der Waals surface area contributed by atoms with Crippen LogP contribution in [0, 0.1) is 0 Å². The van der Waals surface area contributed by atoms with Crippen molar-refractivity contribution in [3.63, 3.8) is 0 Å². The average Bonchev–Trinajstić information content (AvgIpc) is 3.17. The molecule has 4 aromatic carbocycles. The average molecular weight is 571 g/mol. The van der Waals surface area contributed by atoms with Crippen molar-refractivity contribution in [3.05, 3.63) is 136 Å². The molecule has 0 saturated heterocycles. The van der Waals surface area contributed by atoms with Gasteiger partial charge in [0.1, 0.15) is 16.5 Å². The van der Waals surface area contributed by atoms with Gasteiger partial charge in [0.25, 0.3) is 11.8 Å². The third-order valence-electron chi connectivity index (χ3n) is 6.77. The predicted molar refractivity (Wildman–Crippen MR) is 157 cm³/mol. The van der Waals surface area contributed by atoms with Gasteiger partial charge in [-0.1, -0.05) is 85.6 Å². The molecular weight excluding hydrogens is 547 g/mol. The minimum absolute atomic E-state index is 0.0690. The number of carbonyl (C=O) groups is 3. The number of carbonyl (C=O) groups excluding carboxylic acids is 3. The summed E-state index contributed by atoms with van der Waals surface area (Å²) in [7, 11) is 0. The van der Waals surface area contributed by atoms with Crippen LogP contribution in [0.25, 0.3) is 0 Å². The van der Waals surface area contributed by atoms with E-state index in [1.54, 1.807) is 54.6 Å². The highest BCUT2D eigenvalue weighted by Gasteiger charge is 2.39. The van der Waals surface area contributed by atoms with Crippen molar-refractivity contribution in [3.8, 4) is 5.75 Å². The van der Waals surface area contributed by atoms with Crippen LogP contribution >= 0.6 is 23.2 Å². The summed E-state index contributed by atoms with van der Waals surface area (Å²) in [6.45, 7) is 4.29. The topological polar surface area (TPSA) is 75.7 Å². The summed E-state index contributed by atoms with van der Waals surface area (Å²) in [5.41, 5.74) is 3.09. The van der Waals surface area contributed by atoms with E-state index in [1.807, 2.05) is 30.3 Å². The van der Waals surface area contributed by atoms with Gasteiger partial charge in [-0.15, -0.1) is 0 Å². The largest absolute Gasteiger partial charge is 0.423 e. The van der Waals surface area contributed by atoms with E-state index in [9.17, 15) is 14.4 Å². The zero-order valence-corrected chi connectivity index (χ0v) is 23.2. The molecule has 0 saturated carbocycles. The first kappa shape index (κ1) is 27.2. The van der Waals surface area contributed by atoms with Crippen LogP contribution in [0.3, 0.4) is 0 Å². The van der Waals surface area contributed by atoms with Gasteiger partial charge in [-0.3, -0.25) is 9.59 Å². The van der Waals surface area contributed by atoms with Gasteiger partial charge < -0.3 is 10.1 Å². The van der Waals surface area contributed by atoms with Crippen molar-refractivity contribution in [1.82, 2.24) is 0 Å². The summed E-state index contributed by atoms with van der Waals surface area (Å²) >= 11 is 12.2. The van der Waals surface area contributed by atoms with Crippen LogP contribution < -0.4 is 15.0 Å². The van der Waals surface area contributed by atoms with Crippen molar-refractivity contribution >= 4 is 52.4 Å². The number of esters is 1. The second-order valence-electron chi connectivity index (χ2n) is 9.72. The van der Waals surface area contributed by atoms with E-state index in [1.165, 1.54) is 11.6 Å². The molecule has 6 nitrogen and oxygen atoms in total.